The molecule has 1 unspecified atom stereocenters. The standard InChI is InChI=1S/C11H13N3S/c1-8(10-6-4-3-5-7-10)14-9(2)12-13-11(14)15/h3-8H,1-2H3,(H,13,15). The van der Waals surface area contributed by atoms with Gasteiger partial charge in [0.2, 0.25) is 0 Å². The summed E-state index contributed by atoms with van der Waals surface area (Å²) in [6.07, 6.45) is 0. The molecule has 1 aromatic heterocycles. The maximum Gasteiger partial charge on any atom is 0.195 e. The lowest BCUT2D eigenvalue weighted by atomic mass is 10.1. The van der Waals surface area contributed by atoms with E-state index >= 15 is 0 Å². The third kappa shape index (κ3) is 1.85. The van der Waals surface area contributed by atoms with E-state index in [2.05, 4.69) is 29.3 Å². The van der Waals surface area contributed by atoms with Crippen molar-refractivity contribution in [3.63, 3.8) is 0 Å². The topological polar surface area (TPSA) is 33.6 Å². The van der Waals surface area contributed by atoms with Crippen molar-refractivity contribution >= 4 is 12.2 Å². The number of nitrogens with one attached hydrogen (secondary N) is 1. The quantitative estimate of drug-likeness (QED) is 0.788. The van der Waals surface area contributed by atoms with E-state index in [4.69, 9.17) is 12.2 Å². The Morgan fingerprint density at radius 3 is 2.53 bits per heavy atom. The first-order valence-electron chi connectivity index (χ1n) is 4.88. The molecule has 2 aromatic rings. The Morgan fingerprint density at radius 2 is 2.00 bits per heavy atom. The highest BCUT2D eigenvalue weighted by Gasteiger charge is 2.10. The minimum absolute atomic E-state index is 0.220. The molecular weight excluding hydrogens is 206 g/mol. The molecule has 0 fully saturated rings. The van der Waals surface area contributed by atoms with Crippen molar-refractivity contribution < 1.29 is 0 Å². The van der Waals surface area contributed by atoms with Gasteiger partial charge in [0.05, 0.1) is 6.04 Å². The fraction of sp³-hybridized carbons (Fsp3) is 0.273. The summed E-state index contributed by atoms with van der Waals surface area (Å²) in [7, 11) is 0. The summed E-state index contributed by atoms with van der Waals surface area (Å²) in [4.78, 5) is 0. The molecule has 3 nitrogen and oxygen atoms in total. The number of aromatic nitrogens is 3. The predicted octanol–water partition coefficient (Wildman–Crippen LogP) is 2.86. The van der Waals surface area contributed by atoms with Crippen molar-refractivity contribution in [3.05, 3.63) is 46.5 Å². The van der Waals surface area contributed by atoms with Crippen LogP contribution in [-0.4, -0.2) is 14.8 Å². The zero-order chi connectivity index (χ0) is 10.8. The largest absolute Gasteiger partial charge is 0.297 e. The van der Waals surface area contributed by atoms with E-state index < -0.39 is 0 Å². The van der Waals surface area contributed by atoms with Crippen LogP contribution in [0.1, 0.15) is 24.4 Å². The summed E-state index contributed by atoms with van der Waals surface area (Å²) in [5.41, 5.74) is 1.23. The molecule has 0 bridgehead atoms. The van der Waals surface area contributed by atoms with E-state index in [1.54, 1.807) is 0 Å². The molecule has 2 rings (SSSR count). The summed E-state index contributed by atoms with van der Waals surface area (Å²) in [6, 6.07) is 10.5. The number of benzene rings is 1. The van der Waals surface area contributed by atoms with E-state index in [-0.39, 0.29) is 6.04 Å². The van der Waals surface area contributed by atoms with Gasteiger partial charge in [0.25, 0.3) is 0 Å². The SMILES string of the molecule is Cc1n[nH]c(=S)n1C(C)c1ccccc1. The number of aromatic amines is 1. The van der Waals surface area contributed by atoms with Crippen molar-refractivity contribution in [2.24, 2.45) is 0 Å². The maximum atomic E-state index is 5.19. The van der Waals surface area contributed by atoms with Gasteiger partial charge in [-0.25, -0.2) is 0 Å². The molecule has 0 saturated carbocycles. The second-order valence-electron chi connectivity index (χ2n) is 3.53. The van der Waals surface area contributed by atoms with Gasteiger partial charge in [-0.1, -0.05) is 30.3 Å². The molecule has 1 N–H and O–H groups in total. The van der Waals surface area contributed by atoms with E-state index in [9.17, 15) is 0 Å². The maximum absolute atomic E-state index is 5.19. The molecule has 1 aromatic carbocycles. The lowest BCUT2D eigenvalue weighted by Gasteiger charge is -2.14. The summed E-state index contributed by atoms with van der Waals surface area (Å²) in [5, 5.41) is 6.91. The predicted molar refractivity (Wildman–Crippen MR) is 62.4 cm³/mol. The minimum Gasteiger partial charge on any atom is -0.297 e. The summed E-state index contributed by atoms with van der Waals surface area (Å²) < 4.78 is 2.69. The Morgan fingerprint density at radius 1 is 1.33 bits per heavy atom. The highest BCUT2D eigenvalue weighted by Crippen LogP contribution is 2.18. The Labute approximate surface area is 93.8 Å². The van der Waals surface area contributed by atoms with Gasteiger partial charge in [0.15, 0.2) is 4.77 Å². The van der Waals surface area contributed by atoms with Crippen molar-refractivity contribution in [2.45, 2.75) is 19.9 Å². The Bertz CT molecular complexity index is 498. The van der Waals surface area contributed by atoms with Crippen LogP contribution in [-0.2, 0) is 0 Å². The average Bonchev–Trinajstić information content (AvgIpc) is 2.59. The molecule has 0 spiro atoms. The van der Waals surface area contributed by atoms with Crippen molar-refractivity contribution in [2.75, 3.05) is 0 Å². The normalized spacial score (nSPS) is 12.7. The second kappa shape index (κ2) is 3.98. The van der Waals surface area contributed by atoms with Gasteiger partial charge >= 0.3 is 0 Å². The van der Waals surface area contributed by atoms with Crippen LogP contribution in [0.15, 0.2) is 30.3 Å². The van der Waals surface area contributed by atoms with Crippen LogP contribution in [0.5, 0.6) is 0 Å². The highest BCUT2D eigenvalue weighted by molar-refractivity contribution is 7.71. The first-order chi connectivity index (χ1) is 7.20. The monoisotopic (exact) mass is 219 g/mol. The van der Waals surface area contributed by atoms with Crippen LogP contribution in [0.25, 0.3) is 0 Å². The molecule has 0 amide bonds. The highest BCUT2D eigenvalue weighted by atomic mass is 32.1. The van der Waals surface area contributed by atoms with Gasteiger partial charge in [-0.15, -0.1) is 0 Å². The van der Waals surface area contributed by atoms with E-state index in [1.165, 1.54) is 5.56 Å². The number of H-pyrrole nitrogens is 1. The number of rotatable bonds is 2. The van der Waals surface area contributed by atoms with Crippen LogP contribution in [0.2, 0.25) is 0 Å². The molecule has 0 radical (unpaired) electrons. The molecule has 1 heterocycles. The van der Waals surface area contributed by atoms with E-state index in [0.29, 0.717) is 4.77 Å². The van der Waals surface area contributed by atoms with Gasteiger partial charge in [0, 0.05) is 0 Å². The molecule has 15 heavy (non-hydrogen) atoms. The smallest absolute Gasteiger partial charge is 0.195 e. The van der Waals surface area contributed by atoms with Crippen LogP contribution < -0.4 is 0 Å². The Hall–Kier alpha value is -1.42. The second-order valence-corrected chi connectivity index (χ2v) is 3.92. The zero-order valence-corrected chi connectivity index (χ0v) is 9.58. The summed E-state index contributed by atoms with van der Waals surface area (Å²) in [5.74, 6) is 0.913. The number of nitrogens with zero attached hydrogens (tertiary/aromatic N) is 2. The van der Waals surface area contributed by atoms with Gasteiger partial charge in [-0.3, -0.25) is 9.67 Å². The Balaban J connectivity index is 2.45. The molecular formula is C11H13N3S. The fourth-order valence-electron chi connectivity index (χ4n) is 1.72. The Kier molecular flexibility index (Phi) is 2.68. The minimum atomic E-state index is 0.220. The average molecular weight is 219 g/mol. The molecule has 1 atom stereocenters. The number of hydrogen-bond donors (Lipinski definition) is 1. The molecule has 4 heteroatoms. The summed E-state index contributed by atoms with van der Waals surface area (Å²) in [6.45, 7) is 4.07. The van der Waals surface area contributed by atoms with Gasteiger partial charge < -0.3 is 0 Å². The van der Waals surface area contributed by atoms with Crippen LogP contribution in [0, 0.1) is 11.7 Å². The summed E-state index contributed by atoms with van der Waals surface area (Å²) >= 11 is 5.19. The van der Waals surface area contributed by atoms with Crippen LogP contribution in [0.3, 0.4) is 0 Å². The van der Waals surface area contributed by atoms with Crippen LogP contribution in [0.4, 0.5) is 0 Å². The molecule has 0 aliphatic heterocycles. The van der Waals surface area contributed by atoms with Gasteiger partial charge in [-0.2, -0.15) is 5.10 Å². The van der Waals surface area contributed by atoms with E-state index in [1.807, 2.05) is 29.7 Å². The lowest BCUT2D eigenvalue weighted by Crippen LogP contribution is -2.08. The molecule has 78 valence electrons. The van der Waals surface area contributed by atoms with Crippen LogP contribution >= 0.6 is 12.2 Å². The first-order valence-corrected chi connectivity index (χ1v) is 5.29. The van der Waals surface area contributed by atoms with Gasteiger partial charge in [-0.05, 0) is 31.6 Å². The third-order valence-electron chi connectivity index (χ3n) is 2.55. The first kappa shape index (κ1) is 10.1. The molecule has 0 aliphatic rings. The van der Waals surface area contributed by atoms with Crippen molar-refractivity contribution in [1.29, 1.82) is 0 Å². The molecule has 0 aliphatic carbocycles. The fourth-order valence-corrected chi connectivity index (χ4v) is 2.06. The third-order valence-corrected chi connectivity index (χ3v) is 2.84. The zero-order valence-electron chi connectivity index (χ0n) is 8.77. The molecule has 0 saturated heterocycles. The van der Waals surface area contributed by atoms with E-state index in [0.717, 1.165) is 5.82 Å². The van der Waals surface area contributed by atoms with Crippen molar-refractivity contribution in [3.8, 4) is 0 Å². The van der Waals surface area contributed by atoms with Crippen molar-refractivity contribution in [1.82, 2.24) is 14.8 Å². The van der Waals surface area contributed by atoms with Gasteiger partial charge in [0.1, 0.15) is 5.82 Å². The number of aryl methyl sites for hydroxylation is 1. The number of hydrogen-bond acceptors (Lipinski definition) is 2. The lowest BCUT2D eigenvalue weighted by molar-refractivity contribution is 0.611.